The summed E-state index contributed by atoms with van der Waals surface area (Å²) in [5, 5.41) is 0. The maximum absolute atomic E-state index is 13.2. The summed E-state index contributed by atoms with van der Waals surface area (Å²) >= 11 is 0. The topological polar surface area (TPSA) is 73.7 Å². The Balaban J connectivity index is 1.93. The molecule has 0 bridgehead atoms. The van der Waals surface area contributed by atoms with Crippen LogP contribution in [0.3, 0.4) is 0 Å². The summed E-state index contributed by atoms with van der Waals surface area (Å²) in [6.45, 7) is -3.03. The predicted molar refractivity (Wildman–Crippen MR) is 116 cm³/mol. The number of imidazole rings is 1. The van der Waals surface area contributed by atoms with Gasteiger partial charge in [0.15, 0.2) is 6.29 Å². The van der Waals surface area contributed by atoms with Gasteiger partial charge >= 0.3 is 12.6 Å². The number of rotatable bonds is 5. The molecule has 7 nitrogen and oxygen atoms in total. The van der Waals surface area contributed by atoms with Crippen LogP contribution < -0.4 is 4.74 Å². The summed E-state index contributed by atoms with van der Waals surface area (Å²) in [6, 6.07) is 9.24. The van der Waals surface area contributed by atoms with Gasteiger partial charge in [0.05, 0.1) is 30.2 Å². The first-order chi connectivity index (χ1) is 15.8. The fraction of sp³-hybridized carbons (Fsp3) is 0.292. The molecule has 0 spiro atoms. The fourth-order valence-electron chi connectivity index (χ4n) is 4.26. The molecule has 2 atom stereocenters. The van der Waals surface area contributed by atoms with E-state index in [-0.39, 0.29) is 17.4 Å². The molecule has 1 aromatic heterocycles. The van der Waals surface area contributed by atoms with Gasteiger partial charge in [-0.2, -0.15) is 8.78 Å². The van der Waals surface area contributed by atoms with E-state index in [0.717, 1.165) is 5.82 Å². The van der Waals surface area contributed by atoms with Gasteiger partial charge in [0.1, 0.15) is 11.6 Å². The first-order valence-corrected chi connectivity index (χ1v) is 10.1. The first kappa shape index (κ1) is 22.4. The van der Waals surface area contributed by atoms with E-state index in [9.17, 15) is 18.4 Å². The van der Waals surface area contributed by atoms with Crippen LogP contribution in [0.15, 0.2) is 36.4 Å². The molecule has 0 amide bonds. The Hall–Kier alpha value is -3.77. The highest BCUT2D eigenvalue weighted by atomic mass is 19.3. The van der Waals surface area contributed by atoms with Crippen molar-refractivity contribution in [2.75, 3.05) is 21.2 Å². The molecule has 0 fully saturated rings. The largest absolute Gasteiger partial charge is 0.459 e. The Kier molecular flexibility index (Phi) is 6.11. The highest BCUT2D eigenvalue weighted by Gasteiger charge is 2.38. The lowest BCUT2D eigenvalue weighted by Crippen LogP contribution is -2.18. The van der Waals surface area contributed by atoms with Crippen LogP contribution in [-0.4, -0.2) is 54.5 Å². The van der Waals surface area contributed by atoms with Crippen LogP contribution in [0.1, 0.15) is 45.8 Å². The minimum absolute atomic E-state index is 0.0477. The number of aromatic nitrogens is 2. The van der Waals surface area contributed by atoms with E-state index in [2.05, 4.69) is 16.6 Å². The van der Waals surface area contributed by atoms with Crippen molar-refractivity contribution in [2.45, 2.75) is 25.1 Å². The second-order valence-electron chi connectivity index (χ2n) is 7.77. The Bertz CT molecular complexity index is 1290. The lowest BCUT2D eigenvalue weighted by molar-refractivity contribution is -0.133. The average Bonchev–Trinajstić information content (AvgIpc) is 3.34. The summed E-state index contributed by atoms with van der Waals surface area (Å²) in [5.41, 5.74) is 2.61. The van der Waals surface area contributed by atoms with Crippen LogP contribution in [-0.2, 0) is 9.53 Å². The molecule has 1 aliphatic rings. The van der Waals surface area contributed by atoms with Crippen molar-refractivity contribution in [3.05, 3.63) is 58.9 Å². The van der Waals surface area contributed by atoms with E-state index in [4.69, 9.17) is 9.72 Å². The number of hydrogen-bond donors (Lipinski definition) is 0. The van der Waals surface area contributed by atoms with Crippen molar-refractivity contribution in [1.82, 2.24) is 14.5 Å². The molecule has 33 heavy (non-hydrogen) atoms. The number of benzene rings is 2. The van der Waals surface area contributed by atoms with Crippen molar-refractivity contribution < 1.29 is 27.8 Å². The SMILES string of the molecule is COC(=O)C#Cc1ccc2nc3n(c2c1)[C@@H](c1c(C=O)cccc1OC(F)F)CC3N(C)C. The number of nitrogens with zero attached hydrogens (tertiary/aromatic N) is 3. The normalized spacial score (nSPS) is 17.1. The van der Waals surface area contributed by atoms with E-state index >= 15 is 0 Å². The minimum atomic E-state index is -3.03. The van der Waals surface area contributed by atoms with Gasteiger partial charge in [-0.05, 0) is 44.8 Å². The van der Waals surface area contributed by atoms with E-state index in [1.807, 2.05) is 23.6 Å². The monoisotopic (exact) mass is 453 g/mol. The third-order valence-electron chi connectivity index (χ3n) is 5.67. The molecule has 1 aliphatic heterocycles. The maximum Gasteiger partial charge on any atom is 0.387 e. The predicted octanol–water partition coefficient (Wildman–Crippen LogP) is 3.57. The van der Waals surface area contributed by atoms with Crippen molar-refractivity contribution in [1.29, 1.82) is 0 Å². The van der Waals surface area contributed by atoms with Gasteiger partial charge < -0.3 is 14.0 Å². The van der Waals surface area contributed by atoms with Crippen LogP contribution >= 0.6 is 0 Å². The number of halogens is 2. The molecule has 4 rings (SSSR count). The second kappa shape index (κ2) is 9.00. The Morgan fingerprint density at radius 2 is 2.09 bits per heavy atom. The third kappa shape index (κ3) is 4.17. The molecule has 170 valence electrons. The summed E-state index contributed by atoms with van der Waals surface area (Å²) in [7, 11) is 5.07. The molecule has 9 heteroatoms. The number of hydrogen-bond acceptors (Lipinski definition) is 6. The summed E-state index contributed by atoms with van der Waals surface area (Å²) < 4.78 is 37.6. The molecule has 2 heterocycles. The van der Waals surface area contributed by atoms with Gasteiger partial charge in [0.25, 0.3) is 0 Å². The van der Waals surface area contributed by atoms with Gasteiger partial charge in [0, 0.05) is 22.6 Å². The molecule has 2 aromatic carbocycles. The van der Waals surface area contributed by atoms with Crippen molar-refractivity contribution in [3.63, 3.8) is 0 Å². The molecule has 0 saturated carbocycles. The van der Waals surface area contributed by atoms with Crippen molar-refractivity contribution in [2.24, 2.45) is 0 Å². The van der Waals surface area contributed by atoms with Gasteiger partial charge in [-0.3, -0.25) is 9.69 Å². The highest BCUT2D eigenvalue weighted by molar-refractivity contribution is 5.89. The molecule has 0 radical (unpaired) electrons. The van der Waals surface area contributed by atoms with Crippen LogP contribution in [0.5, 0.6) is 5.75 Å². The lowest BCUT2D eigenvalue weighted by Gasteiger charge is -2.22. The van der Waals surface area contributed by atoms with E-state index < -0.39 is 18.6 Å². The molecule has 1 unspecified atom stereocenters. The summed E-state index contributed by atoms with van der Waals surface area (Å²) in [4.78, 5) is 30.0. The Labute approximate surface area is 188 Å². The standard InChI is InChI=1S/C24H21F2N3O4/c1-28(2)19-12-18(22-15(13-30)5-4-6-20(22)33-24(25)26)29-17-11-14(8-10-21(31)32-3)7-9-16(17)27-23(19)29/h4-7,9,11,13,18-19,24H,12H2,1-3H3/t18-,19?/m1/s1. The quantitative estimate of drug-likeness (QED) is 0.334. The zero-order valence-electron chi connectivity index (χ0n) is 18.2. The Morgan fingerprint density at radius 3 is 2.76 bits per heavy atom. The van der Waals surface area contributed by atoms with Crippen LogP contribution in [0.2, 0.25) is 0 Å². The number of esters is 1. The molecular weight excluding hydrogens is 432 g/mol. The molecule has 3 aromatic rings. The van der Waals surface area contributed by atoms with E-state index in [1.54, 1.807) is 24.3 Å². The number of fused-ring (bicyclic) bond motifs is 3. The average molecular weight is 453 g/mol. The molecule has 0 aliphatic carbocycles. The van der Waals surface area contributed by atoms with Crippen LogP contribution in [0.4, 0.5) is 8.78 Å². The molecular formula is C24H21F2N3O4. The number of ether oxygens (including phenoxy) is 2. The summed E-state index contributed by atoms with van der Waals surface area (Å²) in [6.07, 6.45) is 1.15. The van der Waals surface area contributed by atoms with E-state index in [0.29, 0.717) is 34.9 Å². The van der Waals surface area contributed by atoms with Gasteiger partial charge in [0.2, 0.25) is 0 Å². The number of aldehydes is 1. The van der Waals surface area contributed by atoms with Crippen LogP contribution in [0, 0.1) is 11.8 Å². The summed E-state index contributed by atoms with van der Waals surface area (Å²) in [5.74, 6) is 5.18. The van der Waals surface area contributed by atoms with Gasteiger partial charge in [-0.1, -0.05) is 18.1 Å². The second-order valence-corrected chi connectivity index (χ2v) is 7.77. The van der Waals surface area contributed by atoms with Gasteiger partial charge in [-0.25, -0.2) is 9.78 Å². The van der Waals surface area contributed by atoms with Gasteiger partial charge in [-0.15, -0.1) is 0 Å². The Morgan fingerprint density at radius 1 is 1.30 bits per heavy atom. The number of methoxy groups -OCH3 is 1. The van der Waals surface area contributed by atoms with Crippen molar-refractivity contribution in [3.8, 4) is 17.6 Å². The molecule has 0 N–H and O–H groups in total. The van der Waals surface area contributed by atoms with E-state index in [1.165, 1.54) is 19.2 Å². The highest BCUT2D eigenvalue weighted by Crippen LogP contribution is 2.46. The first-order valence-electron chi connectivity index (χ1n) is 10.1. The van der Waals surface area contributed by atoms with Crippen LogP contribution in [0.25, 0.3) is 11.0 Å². The fourth-order valence-corrected chi connectivity index (χ4v) is 4.26. The zero-order valence-corrected chi connectivity index (χ0v) is 18.2. The number of carbonyl (C=O) groups is 2. The molecule has 0 saturated heterocycles. The minimum Gasteiger partial charge on any atom is -0.459 e. The smallest absolute Gasteiger partial charge is 0.387 e. The third-order valence-corrected chi connectivity index (χ3v) is 5.67. The number of alkyl halides is 2. The van der Waals surface area contributed by atoms with Crippen molar-refractivity contribution >= 4 is 23.3 Å². The zero-order chi connectivity index (χ0) is 23.7. The number of carbonyl (C=O) groups excluding carboxylic acids is 2. The maximum atomic E-state index is 13.2. The lowest BCUT2D eigenvalue weighted by atomic mass is 9.96.